The molecule has 0 unspecified atom stereocenters. The second kappa shape index (κ2) is 5.25. The third-order valence-electron chi connectivity index (χ3n) is 2.02. The fourth-order valence-corrected chi connectivity index (χ4v) is 1.84. The second-order valence-electron chi connectivity index (χ2n) is 3.12. The molecule has 0 N–H and O–H groups in total. The summed E-state index contributed by atoms with van der Waals surface area (Å²) in [4.78, 5) is 22.2. The van der Waals surface area contributed by atoms with Crippen molar-refractivity contribution in [1.29, 1.82) is 0 Å². The standard InChI is InChI=1S/C11H11IO3/c1-7(13)8-3-4-9(10(12)5-8)6-11(14)15-2/h3-5H,6H2,1-2H3. The van der Waals surface area contributed by atoms with Gasteiger partial charge in [0.1, 0.15) is 0 Å². The summed E-state index contributed by atoms with van der Waals surface area (Å²) in [5, 5.41) is 0. The zero-order valence-corrected chi connectivity index (χ0v) is 10.7. The lowest BCUT2D eigenvalue weighted by atomic mass is 10.1. The SMILES string of the molecule is COC(=O)Cc1ccc(C(C)=O)cc1I. The molecule has 1 aromatic rings. The molecule has 0 aliphatic heterocycles. The molecule has 0 atom stereocenters. The minimum atomic E-state index is -0.275. The summed E-state index contributed by atoms with van der Waals surface area (Å²) in [6.07, 6.45) is 0.243. The van der Waals surface area contributed by atoms with Crippen LogP contribution in [0.5, 0.6) is 0 Å². The van der Waals surface area contributed by atoms with E-state index in [9.17, 15) is 9.59 Å². The van der Waals surface area contributed by atoms with Gasteiger partial charge in [0.05, 0.1) is 13.5 Å². The number of esters is 1. The minimum Gasteiger partial charge on any atom is -0.469 e. The van der Waals surface area contributed by atoms with Gasteiger partial charge in [0.25, 0.3) is 0 Å². The van der Waals surface area contributed by atoms with E-state index in [4.69, 9.17) is 0 Å². The number of carbonyl (C=O) groups excluding carboxylic acids is 2. The summed E-state index contributed by atoms with van der Waals surface area (Å²) in [5.74, 6) is -0.249. The molecule has 1 rings (SSSR count). The summed E-state index contributed by atoms with van der Waals surface area (Å²) < 4.78 is 5.49. The number of halogens is 1. The van der Waals surface area contributed by atoms with Gasteiger partial charge in [-0.2, -0.15) is 0 Å². The van der Waals surface area contributed by atoms with Crippen molar-refractivity contribution in [3.05, 3.63) is 32.9 Å². The van der Waals surface area contributed by atoms with Gasteiger partial charge in [-0.15, -0.1) is 0 Å². The number of ketones is 1. The summed E-state index contributed by atoms with van der Waals surface area (Å²) in [7, 11) is 1.36. The van der Waals surface area contributed by atoms with Crippen LogP contribution in [0.25, 0.3) is 0 Å². The fourth-order valence-electron chi connectivity index (χ4n) is 1.14. The smallest absolute Gasteiger partial charge is 0.310 e. The molecule has 3 nitrogen and oxygen atoms in total. The molecule has 0 saturated heterocycles. The van der Waals surface area contributed by atoms with E-state index >= 15 is 0 Å². The maximum absolute atomic E-state index is 11.1. The Morgan fingerprint density at radius 2 is 2.07 bits per heavy atom. The maximum atomic E-state index is 11.1. The largest absolute Gasteiger partial charge is 0.469 e. The number of methoxy groups -OCH3 is 1. The van der Waals surface area contributed by atoms with E-state index in [1.165, 1.54) is 14.0 Å². The number of carbonyl (C=O) groups is 2. The number of ether oxygens (including phenoxy) is 1. The molecule has 4 heteroatoms. The van der Waals surface area contributed by atoms with Gasteiger partial charge in [0.2, 0.25) is 0 Å². The lowest BCUT2D eigenvalue weighted by Crippen LogP contribution is -2.06. The maximum Gasteiger partial charge on any atom is 0.310 e. The molecule has 0 amide bonds. The van der Waals surface area contributed by atoms with Gasteiger partial charge in [-0.25, -0.2) is 0 Å². The average molecular weight is 318 g/mol. The molecule has 0 aromatic heterocycles. The van der Waals surface area contributed by atoms with E-state index in [0.29, 0.717) is 5.56 Å². The molecule has 0 heterocycles. The van der Waals surface area contributed by atoms with Crippen LogP contribution in [0, 0.1) is 3.57 Å². The fraction of sp³-hybridized carbons (Fsp3) is 0.273. The molecule has 0 bridgehead atoms. The van der Waals surface area contributed by atoms with Crippen LogP contribution < -0.4 is 0 Å². The number of rotatable bonds is 3. The molecule has 0 radical (unpaired) electrons. The van der Waals surface area contributed by atoms with E-state index in [1.54, 1.807) is 18.2 Å². The molecule has 0 saturated carbocycles. The lowest BCUT2D eigenvalue weighted by molar-refractivity contribution is -0.139. The topological polar surface area (TPSA) is 43.4 Å². The van der Waals surface area contributed by atoms with Crippen LogP contribution in [0.3, 0.4) is 0 Å². The van der Waals surface area contributed by atoms with Crippen LogP contribution in [0.2, 0.25) is 0 Å². The molecule has 0 aliphatic carbocycles. The first-order chi connectivity index (χ1) is 7.04. The van der Waals surface area contributed by atoms with Crippen molar-refractivity contribution in [2.75, 3.05) is 7.11 Å². The van der Waals surface area contributed by atoms with Crippen molar-refractivity contribution in [3.63, 3.8) is 0 Å². The van der Waals surface area contributed by atoms with Crippen molar-refractivity contribution in [3.8, 4) is 0 Å². The van der Waals surface area contributed by atoms with Crippen molar-refractivity contribution in [1.82, 2.24) is 0 Å². The zero-order chi connectivity index (χ0) is 11.4. The Hall–Kier alpha value is -0.910. The van der Waals surface area contributed by atoms with E-state index < -0.39 is 0 Å². The summed E-state index contributed by atoms with van der Waals surface area (Å²) in [5.41, 5.74) is 1.54. The van der Waals surface area contributed by atoms with Gasteiger partial charge in [-0.1, -0.05) is 12.1 Å². The third kappa shape index (κ3) is 3.30. The van der Waals surface area contributed by atoms with Crippen LogP contribution in [0.1, 0.15) is 22.8 Å². The molecular weight excluding hydrogens is 307 g/mol. The third-order valence-corrected chi connectivity index (χ3v) is 3.03. The Morgan fingerprint density at radius 3 is 2.53 bits per heavy atom. The van der Waals surface area contributed by atoms with Gasteiger partial charge in [-0.3, -0.25) is 9.59 Å². The number of Topliss-reactive ketones (excluding diaryl/α,β-unsaturated/α-hetero) is 1. The summed E-state index contributed by atoms with van der Waals surface area (Å²) >= 11 is 2.11. The van der Waals surface area contributed by atoms with Gasteiger partial charge < -0.3 is 4.74 Å². The van der Waals surface area contributed by atoms with E-state index in [2.05, 4.69) is 27.3 Å². The quantitative estimate of drug-likeness (QED) is 0.488. The summed E-state index contributed by atoms with van der Waals surface area (Å²) in [6.45, 7) is 1.52. The zero-order valence-electron chi connectivity index (χ0n) is 8.54. The highest BCUT2D eigenvalue weighted by atomic mass is 127. The average Bonchev–Trinajstić information content (AvgIpc) is 2.20. The Bertz CT molecular complexity index is 399. The normalized spacial score (nSPS) is 9.80. The number of hydrogen-bond acceptors (Lipinski definition) is 3. The van der Waals surface area contributed by atoms with Crippen LogP contribution >= 0.6 is 22.6 Å². The molecule has 0 spiro atoms. The highest BCUT2D eigenvalue weighted by Crippen LogP contribution is 2.16. The molecule has 0 aliphatic rings. The number of hydrogen-bond donors (Lipinski definition) is 0. The molecular formula is C11H11IO3. The van der Waals surface area contributed by atoms with Crippen LogP contribution in [0.15, 0.2) is 18.2 Å². The van der Waals surface area contributed by atoms with Gasteiger partial charge in [0, 0.05) is 9.13 Å². The van der Waals surface area contributed by atoms with Crippen LogP contribution in [0.4, 0.5) is 0 Å². The Kier molecular flexibility index (Phi) is 4.26. The molecule has 1 aromatic carbocycles. The molecule has 15 heavy (non-hydrogen) atoms. The van der Waals surface area contributed by atoms with Gasteiger partial charge in [-0.05, 0) is 41.1 Å². The van der Waals surface area contributed by atoms with E-state index in [0.717, 1.165) is 9.13 Å². The Balaban J connectivity index is 2.93. The molecule has 80 valence electrons. The monoisotopic (exact) mass is 318 g/mol. The van der Waals surface area contributed by atoms with Crippen LogP contribution in [-0.4, -0.2) is 18.9 Å². The van der Waals surface area contributed by atoms with Crippen molar-refractivity contribution in [2.45, 2.75) is 13.3 Å². The van der Waals surface area contributed by atoms with E-state index in [1.807, 2.05) is 0 Å². The number of benzene rings is 1. The lowest BCUT2D eigenvalue weighted by Gasteiger charge is -2.04. The predicted octanol–water partition coefficient (Wildman–Crippen LogP) is 2.21. The molecule has 0 fully saturated rings. The highest BCUT2D eigenvalue weighted by Gasteiger charge is 2.08. The van der Waals surface area contributed by atoms with Gasteiger partial charge >= 0.3 is 5.97 Å². The first-order valence-electron chi connectivity index (χ1n) is 4.40. The van der Waals surface area contributed by atoms with Gasteiger partial charge in [0.15, 0.2) is 5.78 Å². The van der Waals surface area contributed by atoms with Crippen molar-refractivity contribution >= 4 is 34.3 Å². The highest BCUT2D eigenvalue weighted by molar-refractivity contribution is 14.1. The van der Waals surface area contributed by atoms with Crippen molar-refractivity contribution in [2.24, 2.45) is 0 Å². The van der Waals surface area contributed by atoms with E-state index in [-0.39, 0.29) is 18.2 Å². The summed E-state index contributed by atoms with van der Waals surface area (Å²) in [6, 6.07) is 5.29. The Morgan fingerprint density at radius 1 is 1.40 bits per heavy atom. The first-order valence-corrected chi connectivity index (χ1v) is 5.48. The van der Waals surface area contributed by atoms with Crippen molar-refractivity contribution < 1.29 is 14.3 Å². The predicted molar refractivity (Wildman–Crippen MR) is 64.9 cm³/mol. The second-order valence-corrected chi connectivity index (χ2v) is 4.28. The Labute approximate surface area is 102 Å². The first kappa shape index (κ1) is 12.2. The minimum absolute atomic E-state index is 0.0255. The van der Waals surface area contributed by atoms with Crippen LogP contribution in [-0.2, 0) is 16.0 Å².